The van der Waals surface area contributed by atoms with E-state index in [4.69, 9.17) is 0 Å². The molecule has 1 aliphatic carbocycles. The Bertz CT molecular complexity index is 452. The molecule has 1 saturated heterocycles. The van der Waals surface area contributed by atoms with Crippen LogP contribution in [0.5, 0.6) is 0 Å². The minimum Gasteiger partial charge on any atom is -0.316 e. The van der Waals surface area contributed by atoms with Gasteiger partial charge >= 0.3 is 0 Å². The molecule has 3 rings (SSSR count). The Morgan fingerprint density at radius 2 is 2.00 bits per heavy atom. The smallest absolute Gasteiger partial charge is 0.126 e. The first kappa shape index (κ1) is 14.1. The van der Waals surface area contributed by atoms with Crippen molar-refractivity contribution in [1.29, 1.82) is 0 Å². The molecule has 0 radical (unpaired) electrons. The topological polar surface area (TPSA) is 12.0 Å². The second-order valence-electron chi connectivity index (χ2n) is 7.03. The Hall–Kier alpha value is -0.890. The van der Waals surface area contributed by atoms with Gasteiger partial charge in [0, 0.05) is 0 Å². The largest absolute Gasteiger partial charge is 0.316 e. The SMILES string of the molecule is CC1(Cc2ccccc2F)CCNCC1C1CCCC1. The van der Waals surface area contributed by atoms with Crippen molar-refractivity contribution in [2.24, 2.45) is 17.3 Å². The highest BCUT2D eigenvalue weighted by molar-refractivity contribution is 5.19. The maximum absolute atomic E-state index is 14.0. The van der Waals surface area contributed by atoms with Crippen LogP contribution in [0.2, 0.25) is 0 Å². The molecule has 2 heteroatoms. The van der Waals surface area contributed by atoms with Crippen LogP contribution >= 0.6 is 0 Å². The van der Waals surface area contributed by atoms with Crippen molar-refractivity contribution >= 4 is 0 Å². The maximum atomic E-state index is 14.0. The molecule has 0 bridgehead atoms. The van der Waals surface area contributed by atoms with Crippen LogP contribution in [-0.2, 0) is 6.42 Å². The minimum absolute atomic E-state index is 0.0302. The van der Waals surface area contributed by atoms with Crippen molar-refractivity contribution in [2.75, 3.05) is 13.1 Å². The quantitative estimate of drug-likeness (QED) is 0.873. The van der Waals surface area contributed by atoms with E-state index in [0.29, 0.717) is 5.92 Å². The summed E-state index contributed by atoms with van der Waals surface area (Å²) in [5, 5.41) is 3.57. The van der Waals surface area contributed by atoms with Crippen LogP contribution in [0.25, 0.3) is 0 Å². The lowest BCUT2D eigenvalue weighted by atomic mass is 9.63. The lowest BCUT2D eigenvalue weighted by Gasteiger charge is -2.45. The van der Waals surface area contributed by atoms with Crippen LogP contribution in [-0.4, -0.2) is 13.1 Å². The summed E-state index contributed by atoms with van der Waals surface area (Å²) in [6, 6.07) is 7.32. The molecule has 0 aromatic heterocycles. The molecular formula is C18H26FN. The second-order valence-corrected chi connectivity index (χ2v) is 7.03. The van der Waals surface area contributed by atoms with Gasteiger partial charge in [-0.05, 0) is 54.8 Å². The normalized spacial score (nSPS) is 31.6. The molecule has 2 atom stereocenters. The molecular weight excluding hydrogens is 249 g/mol. The number of rotatable bonds is 3. The van der Waals surface area contributed by atoms with Gasteiger partial charge in [-0.2, -0.15) is 0 Å². The third-order valence-corrected chi connectivity index (χ3v) is 5.65. The Labute approximate surface area is 122 Å². The second kappa shape index (κ2) is 5.85. The number of piperidine rings is 1. The van der Waals surface area contributed by atoms with E-state index < -0.39 is 0 Å². The molecule has 1 N–H and O–H groups in total. The van der Waals surface area contributed by atoms with E-state index in [1.807, 2.05) is 12.1 Å². The lowest BCUT2D eigenvalue weighted by Crippen LogP contribution is -2.47. The van der Waals surface area contributed by atoms with E-state index in [1.165, 1.54) is 32.1 Å². The van der Waals surface area contributed by atoms with Crippen molar-refractivity contribution in [2.45, 2.75) is 45.4 Å². The van der Waals surface area contributed by atoms with Gasteiger partial charge in [-0.15, -0.1) is 0 Å². The first-order valence-corrected chi connectivity index (χ1v) is 8.13. The van der Waals surface area contributed by atoms with Crippen molar-refractivity contribution < 1.29 is 4.39 Å². The average Bonchev–Trinajstić information content (AvgIpc) is 2.95. The van der Waals surface area contributed by atoms with Crippen LogP contribution in [0.3, 0.4) is 0 Å². The monoisotopic (exact) mass is 275 g/mol. The van der Waals surface area contributed by atoms with Crippen molar-refractivity contribution in [3.63, 3.8) is 0 Å². The van der Waals surface area contributed by atoms with Gasteiger partial charge in [-0.3, -0.25) is 0 Å². The highest BCUT2D eigenvalue weighted by Gasteiger charge is 2.41. The van der Waals surface area contributed by atoms with Gasteiger partial charge in [0.2, 0.25) is 0 Å². The van der Waals surface area contributed by atoms with Crippen molar-refractivity contribution in [3.8, 4) is 0 Å². The van der Waals surface area contributed by atoms with Gasteiger partial charge in [-0.25, -0.2) is 4.39 Å². The van der Waals surface area contributed by atoms with Crippen LogP contribution < -0.4 is 5.32 Å². The zero-order valence-electron chi connectivity index (χ0n) is 12.5. The van der Waals surface area contributed by atoms with Gasteiger partial charge in [0.25, 0.3) is 0 Å². The molecule has 0 spiro atoms. The summed E-state index contributed by atoms with van der Waals surface area (Å²) < 4.78 is 14.0. The molecule has 0 amide bonds. The summed E-state index contributed by atoms with van der Waals surface area (Å²) in [5.74, 6) is 1.52. The van der Waals surface area contributed by atoms with Crippen LogP contribution in [0.1, 0.15) is 44.6 Å². The maximum Gasteiger partial charge on any atom is 0.126 e. The van der Waals surface area contributed by atoms with E-state index in [0.717, 1.165) is 31.0 Å². The fourth-order valence-electron chi connectivity index (χ4n) is 4.46. The van der Waals surface area contributed by atoms with E-state index in [2.05, 4.69) is 12.2 Å². The Morgan fingerprint density at radius 3 is 2.75 bits per heavy atom. The van der Waals surface area contributed by atoms with Gasteiger partial charge in [0.15, 0.2) is 0 Å². The van der Waals surface area contributed by atoms with Crippen molar-refractivity contribution in [3.05, 3.63) is 35.6 Å². The van der Waals surface area contributed by atoms with E-state index in [9.17, 15) is 4.39 Å². The summed E-state index contributed by atoms with van der Waals surface area (Å²) in [6.07, 6.45) is 7.58. The Kier molecular flexibility index (Phi) is 4.11. The molecule has 1 heterocycles. The average molecular weight is 275 g/mol. The van der Waals surface area contributed by atoms with E-state index in [1.54, 1.807) is 12.1 Å². The number of nitrogens with one attached hydrogen (secondary N) is 1. The van der Waals surface area contributed by atoms with Crippen molar-refractivity contribution in [1.82, 2.24) is 5.32 Å². The van der Waals surface area contributed by atoms with E-state index in [-0.39, 0.29) is 11.2 Å². The minimum atomic E-state index is -0.0302. The number of hydrogen-bond acceptors (Lipinski definition) is 1. The molecule has 2 unspecified atom stereocenters. The molecule has 1 aromatic carbocycles. The fraction of sp³-hybridized carbons (Fsp3) is 0.667. The van der Waals surface area contributed by atoms with E-state index >= 15 is 0 Å². The fourth-order valence-corrected chi connectivity index (χ4v) is 4.46. The van der Waals surface area contributed by atoms with Crippen LogP contribution in [0.4, 0.5) is 4.39 Å². The molecule has 2 fully saturated rings. The number of hydrogen-bond donors (Lipinski definition) is 1. The summed E-state index contributed by atoms with van der Waals surface area (Å²) in [5.41, 5.74) is 1.16. The third kappa shape index (κ3) is 2.76. The van der Waals surface area contributed by atoms with Crippen LogP contribution in [0.15, 0.2) is 24.3 Å². The third-order valence-electron chi connectivity index (χ3n) is 5.65. The summed E-state index contributed by atoms with van der Waals surface area (Å²) in [4.78, 5) is 0. The summed E-state index contributed by atoms with van der Waals surface area (Å²) >= 11 is 0. The highest BCUT2D eigenvalue weighted by atomic mass is 19.1. The molecule has 110 valence electrons. The van der Waals surface area contributed by atoms with Gasteiger partial charge < -0.3 is 5.32 Å². The predicted molar refractivity (Wildman–Crippen MR) is 81.1 cm³/mol. The summed E-state index contributed by atoms with van der Waals surface area (Å²) in [6.45, 7) is 4.59. The predicted octanol–water partition coefficient (Wildman–Crippen LogP) is 4.17. The molecule has 2 aliphatic rings. The standard InChI is InChI=1S/C18H26FN/c1-18(12-15-8-4-5-9-17(15)19)10-11-20-13-16(18)14-6-2-3-7-14/h4-5,8-9,14,16,20H,2-3,6-7,10-13H2,1H3. The highest BCUT2D eigenvalue weighted by Crippen LogP contribution is 2.46. The molecule has 1 aromatic rings. The van der Waals surface area contributed by atoms with Gasteiger partial charge in [0.1, 0.15) is 5.82 Å². The van der Waals surface area contributed by atoms with Gasteiger partial charge in [-0.1, -0.05) is 50.8 Å². The first-order valence-electron chi connectivity index (χ1n) is 8.13. The molecule has 1 nitrogen and oxygen atoms in total. The van der Waals surface area contributed by atoms with Crippen LogP contribution in [0, 0.1) is 23.1 Å². The number of benzene rings is 1. The zero-order valence-corrected chi connectivity index (χ0v) is 12.5. The Morgan fingerprint density at radius 1 is 1.25 bits per heavy atom. The van der Waals surface area contributed by atoms with Gasteiger partial charge in [0.05, 0.1) is 0 Å². The first-order chi connectivity index (χ1) is 9.69. The Balaban J connectivity index is 1.81. The molecule has 20 heavy (non-hydrogen) atoms. The summed E-state index contributed by atoms with van der Waals surface area (Å²) in [7, 11) is 0. The molecule has 1 aliphatic heterocycles. The zero-order chi connectivity index (χ0) is 14.0. The molecule has 1 saturated carbocycles. The number of halogens is 1. The lowest BCUT2D eigenvalue weighted by molar-refractivity contribution is 0.0776.